The molecule has 6 nitrogen and oxygen atoms in total. The van der Waals surface area contributed by atoms with Crippen molar-refractivity contribution in [1.29, 1.82) is 0 Å². The summed E-state index contributed by atoms with van der Waals surface area (Å²) in [6, 6.07) is 0. The third-order valence-corrected chi connectivity index (χ3v) is 2.43. The minimum absolute atomic E-state index is 0.00722. The van der Waals surface area contributed by atoms with Crippen molar-refractivity contribution >= 4 is 16.0 Å². The molecule has 0 bridgehead atoms. The van der Waals surface area contributed by atoms with Crippen LogP contribution in [-0.2, 0) is 10.0 Å². The lowest BCUT2D eigenvalue weighted by molar-refractivity contribution is 0.594. The predicted octanol–water partition coefficient (Wildman–Crippen LogP) is -1.79. The van der Waals surface area contributed by atoms with Crippen LogP contribution in [0.4, 0.5) is 0 Å². The Morgan fingerprint density at radius 3 is 2.92 bits per heavy atom. The maximum atomic E-state index is 10.5. The third kappa shape index (κ3) is 4.69. The van der Waals surface area contributed by atoms with Crippen LogP contribution in [0.3, 0.4) is 0 Å². The molecular formula is C6H14N4O2S. The van der Waals surface area contributed by atoms with Crippen molar-refractivity contribution in [3.63, 3.8) is 0 Å². The summed E-state index contributed by atoms with van der Waals surface area (Å²) >= 11 is 0. The summed E-state index contributed by atoms with van der Waals surface area (Å²) in [6.07, 6.45) is 0.500. The standard InChI is InChI=1S/C6H14N4O2S/c7-13(11,12)5-1-2-8-6-9-3-4-10-6/h1-5H2,(H2,7,11,12)(H2,8,9,10). The Labute approximate surface area is 77.7 Å². The number of nitrogens with one attached hydrogen (secondary N) is 2. The quantitative estimate of drug-likeness (QED) is 0.473. The highest BCUT2D eigenvalue weighted by molar-refractivity contribution is 7.89. The number of rotatable bonds is 4. The molecule has 0 spiro atoms. The van der Waals surface area contributed by atoms with E-state index in [-0.39, 0.29) is 5.75 Å². The van der Waals surface area contributed by atoms with Crippen molar-refractivity contribution in [2.24, 2.45) is 10.1 Å². The van der Waals surface area contributed by atoms with Crippen LogP contribution in [0.25, 0.3) is 0 Å². The summed E-state index contributed by atoms with van der Waals surface area (Å²) in [4.78, 5) is 4.08. The Bertz CT molecular complexity index is 285. The molecule has 0 aromatic heterocycles. The van der Waals surface area contributed by atoms with Crippen molar-refractivity contribution in [1.82, 2.24) is 10.6 Å². The number of hydrogen-bond acceptors (Lipinski definition) is 5. The van der Waals surface area contributed by atoms with Gasteiger partial charge in [-0.1, -0.05) is 0 Å². The number of nitrogens with zero attached hydrogens (tertiary/aromatic N) is 1. The van der Waals surface area contributed by atoms with Crippen molar-refractivity contribution in [2.75, 3.05) is 25.4 Å². The van der Waals surface area contributed by atoms with Gasteiger partial charge in [0, 0.05) is 13.1 Å². The fourth-order valence-corrected chi connectivity index (χ4v) is 1.54. The first-order chi connectivity index (χ1) is 6.08. The van der Waals surface area contributed by atoms with Gasteiger partial charge in [-0.05, 0) is 6.42 Å². The molecule has 0 fully saturated rings. The zero-order valence-corrected chi connectivity index (χ0v) is 8.10. The molecule has 0 saturated heterocycles. The molecule has 1 aliphatic heterocycles. The van der Waals surface area contributed by atoms with Crippen molar-refractivity contribution in [3.8, 4) is 0 Å². The van der Waals surface area contributed by atoms with Gasteiger partial charge in [-0.25, -0.2) is 13.6 Å². The SMILES string of the molecule is NS(=O)(=O)CCCNC1=NCCN1. The van der Waals surface area contributed by atoms with Crippen LogP contribution in [0.1, 0.15) is 6.42 Å². The summed E-state index contributed by atoms with van der Waals surface area (Å²) in [5.41, 5.74) is 0. The molecule has 1 aliphatic rings. The second kappa shape index (κ2) is 4.43. The average molecular weight is 206 g/mol. The minimum Gasteiger partial charge on any atom is -0.356 e. The van der Waals surface area contributed by atoms with E-state index in [2.05, 4.69) is 15.6 Å². The average Bonchev–Trinajstić information content (AvgIpc) is 2.48. The number of aliphatic imine (C=N–C) groups is 1. The first-order valence-electron chi connectivity index (χ1n) is 4.10. The van der Waals surface area contributed by atoms with Gasteiger partial charge in [0.1, 0.15) is 0 Å². The molecule has 0 radical (unpaired) electrons. The van der Waals surface area contributed by atoms with Gasteiger partial charge in [-0.3, -0.25) is 4.99 Å². The van der Waals surface area contributed by atoms with Crippen LogP contribution in [0.15, 0.2) is 4.99 Å². The molecule has 76 valence electrons. The second-order valence-electron chi connectivity index (χ2n) is 2.80. The summed E-state index contributed by atoms with van der Waals surface area (Å²) < 4.78 is 21.1. The zero-order chi connectivity index (χ0) is 9.73. The highest BCUT2D eigenvalue weighted by Crippen LogP contribution is 1.85. The van der Waals surface area contributed by atoms with Crippen LogP contribution in [0.2, 0.25) is 0 Å². The molecule has 7 heteroatoms. The normalized spacial score (nSPS) is 16.5. The highest BCUT2D eigenvalue weighted by atomic mass is 32.2. The second-order valence-corrected chi connectivity index (χ2v) is 4.54. The van der Waals surface area contributed by atoms with Crippen molar-refractivity contribution in [3.05, 3.63) is 0 Å². The molecular weight excluding hydrogens is 192 g/mol. The van der Waals surface area contributed by atoms with Gasteiger partial charge in [-0.15, -0.1) is 0 Å². The van der Waals surface area contributed by atoms with Crippen LogP contribution in [0.5, 0.6) is 0 Å². The van der Waals surface area contributed by atoms with E-state index < -0.39 is 10.0 Å². The van der Waals surface area contributed by atoms with Crippen molar-refractivity contribution < 1.29 is 8.42 Å². The first kappa shape index (κ1) is 10.3. The van der Waals surface area contributed by atoms with Crippen LogP contribution in [-0.4, -0.2) is 39.8 Å². The van der Waals surface area contributed by atoms with E-state index in [1.54, 1.807) is 0 Å². The van der Waals surface area contributed by atoms with Crippen LogP contribution in [0, 0.1) is 0 Å². The largest absolute Gasteiger partial charge is 0.356 e. The lowest BCUT2D eigenvalue weighted by atomic mass is 10.5. The highest BCUT2D eigenvalue weighted by Gasteiger charge is 2.04. The monoisotopic (exact) mass is 206 g/mol. The summed E-state index contributed by atoms with van der Waals surface area (Å²) in [6.45, 7) is 2.19. The lowest BCUT2D eigenvalue weighted by Gasteiger charge is -2.04. The number of guanidine groups is 1. The van der Waals surface area contributed by atoms with E-state index in [0.29, 0.717) is 13.0 Å². The summed E-state index contributed by atoms with van der Waals surface area (Å²) in [5, 5.41) is 10.8. The zero-order valence-electron chi connectivity index (χ0n) is 7.28. The fourth-order valence-electron chi connectivity index (χ4n) is 0.996. The maximum absolute atomic E-state index is 10.5. The molecule has 0 aromatic rings. The van der Waals surface area contributed by atoms with E-state index in [1.807, 2.05) is 0 Å². The van der Waals surface area contributed by atoms with E-state index in [9.17, 15) is 8.42 Å². The third-order valence-electron chi connectivity index (χ3n) is 1.57. The first-order valence-corrected chi connectivity index (χ1v) is 5.82. The van der Waals surface area contributed by atoms with Gasteiger partial charge in [0.15, 0.2) is 5.96 Å². The topological polar surface area (TPSA) is 96.6 Å². The van der Waals surface area contributed by atoms with Crippen molar-refractivity contribution in [2.45, 2.75) is 6.42 Å². The molecule has 0 aromatic carbocycles. The lowest BCUT2D eigenvalue weighted by Crippen LogP contribution is -2.35. The Morgan fingerprint density at radius 2 is 2.38 bits per heavy atom. The molecule has 1 rings (SSSR count). The molecule has 0 amide bonds. The van der Waals surface area contributed by atoms with E-state index in [4.69, 9.17) is 5.14 Å². The van der Waals surface area contributed by atoms with Gasteiger partial charge in [0.25, 0.3) is 0 Å². The van der Waals surface area contributed by atoms with E-state index in [1.165, 1.54) is 0 Å². The molecule has 4 N–H and O–H groups in total. The van der Waals surface area contributed by atoms with Gasteiger partial charge in [0.05, 0.1) is 12.3 Å². The van der Waals surface area contributed by atoms with E-state index in [0.717, 1.165) is 19.0 Å². The molecule has 1 heterocycles. The fraction of sp³-hybridized carbons (Fsp3) is 0.833. The number of primary sulfonamides is 1. The summed E-state index contributed by atoms with van der Waals surface area (Å²) in [7, 11) is -3.32. The Balaban J connectivity index is 2.07. The molecule has 13 heavy (non-hydrogen) atoms. The van der Waals surface area contributed by atoms with Crippen LogP contribution < -0.4 is 15.8 Å². The Morgan fingerprint density at radius 1 is 1.62 bits per heavy atom. The van der Waals surface area contributed by atoms with Gasteiger partial charge in [-0.2, -0.15) is 0 Å². The number of hydrogen-bond donors (Lipinski definition) is 3. The number of nitrogens with two attached hydrogens (primary N) is 1. The van der Waals surface area contributed by atoms with Gasteiger partial charge < -0.3 is 10.6 Å². The van der Waals surface area contributed by atoms with Gasteiger partial charge in [0.2, 0.25) is 10.0 Å². The Hall–Kier alpha value is -0.820. The predicted molar refractivity (Wildman–Crippen MR) is 50.9 cm³/mol. The minimum atomic E-state index is -3.32. The molecule has 0 atom stereocenters. The van der Waals surface area contributed by atoms with Gasteiger partial charge >= 0.3 is 0 Å². The Kier molecular flexibility index (Phi) is 3.49. The van der Waals surface area contributed by atoms with Crippen LogP contribution >= 0.6 is 0 Å². The molecule has 0 saturated carbocycles. The van der Waals surface area contributed by atoms with E-state index >= 15 is 0 Å². The molecule has 0 aliphatic carbocycles. The summed E-state index contributed by atoms with van der Waals surface area (Å²) in [5.74, 6) is 0.752. The maximum Gasteiger partial charge on any atom is 0.209 e. The molecule has 0 unspecified atom stereocenters. The smallest absolute Gasteiger partial charge is 0.209 e. The number of sulfonamides is 1.